The largest absolute Gasteiger partial charge is 0.485 e. The fourth-order valence-electron chi connectivity index (χ4n) is 4.72. The third kappa shape index (κ3) is 4.77. The Hall–Kier alpha value is -4.45. The molecule has 3 aromatic carbocycles. The summed E-state index contributed by atoms with van der Waals surface area (Å²) in [4.78, 5) is 30.8. The predicted octanol–water partition coefficient (Wildman–Crippen LogP) is 7.54. The SMILES string of the molecule is CCOC(=O)CC(=O)c1cc(-c2oc3ccccc3c2C)nc2c(C)ccc(OC(C)c3ccccc3)c12. The van der Waals surface area contributed by atoms with Gasteiger partial charge in [0, 0.05) is 16.5 Å². The topological polar surface area (TPSA) is 78.6 Å². The summed E-state index contributed by atoms with van der Waals surface area (Å²) in [6, 6.07) is 23.1. The average Bonchev–Trinajstić information content (AvgIpc) is 3.26. The molecule has 0 aliphatic heterocycles. The third-order valence-corrected chi connectivity index (χ3v) is 6.68. The minimum absolute atomic E-state index is 0.203. The van der Waals surface area contributed by atoms with Gasteiger partial charge in [0.1, 0.15) is 29.6 Å². The summed E-state index contributed by atoms with van der Waals surface area (Å²) in [5.74, 6) is 0.168. The number of benzene rings is 3. The van der Waals surface area contributed by atoms with Crippen LogP contribution in [0.4, 0.5) is 0 Å². The molecule has 0 aliphatic rings. The van der Waals surface area contributed by atoms with Crippen LogP contribution in [0.5, 0.6) is 5.75 Å². The molecular formula is C32H29NO5. The fraction of sp³-hybridized carbons (Fsp3) is 0.219. The van der Waals surface area contributed by atoms with Gasteiger partial charge < -0.3 is 13.9 Å². The minimum atomic E-state index is -0.572. The molecule has 0 amide bonds. The number of para-hydroxylation sites is 1. The number of fused-ring (bicyclic) bond motifs is 2. The first-order valence-electron chi connectivity index (χ1n) is 12.7. The molecular weight excluding hydrogens is 478 g/mol. The van der Waals surface area contributed by atoms with Gasteiger partial charge in [-0.15, -0.1) is 0 Å². The van der Waals surface area contributed by atoms with Crippen LogP contribution in [-0.4, -0.2) is 23.3 Å². The van der Waals surface area contributed by atoms with Crippen molar-refractivity contribution in [3.63, 3.8) is 0 Å². The summed E-state index contributed by atoms with van der Waals surface area (Å²) < 4.78 is 17.7. The number of aromatic nitrogens is 1. The van der Waals surface area contributed by atoms with Crippen molar-refractivity contribution in [1.29, 1.82) is 0 Å². The van der Waals surface area contributed by atoms with E-state index in [4.69, 9.17) is 18.9 Å². The molecule has 38 heavy (non-hydrogen) atoms. The Morgan fingerprint density at radius 1 is 0.974 bits per heavy atom. The van der Waals surface area contributed by atoms with Crippen molar-refractivity contribution in [3.05, 3.63) is 95.1 Å². The number of Topliss-reactive ketones (excluding diaryl/α,β-unsaturated/α-hetero) is 1. The van der Waals surface area contributed by atoms with Crippen molar-refractivity contribution >= 4 is 33.6 Å². The normalized spacial score (nSPS) is 12.0. The van der Waals surface area contributed by atoms with E-state index in [9.17, 15) is 9.59 Å². The van der Waals surface area contributed by atoms with Crippen LogP contribution >= 0.6 is 0 Å². The molecule has 0 N–H and O–H groups in total. The quantitative estimate of drug-likeness (QED) is 0.123. The van der Waals surface area contributed by atoms with E-state index in [1.807, 2.05) is 87.5 Å². The molecule has 0 saturated carbocycles. The lowest BCUT2D eigenvalue weighted by Gasteiger charge is -2.19. The number of ketones is 1. The van der Waals surface area contributed by atoms with Crippen molar-refractivity contribution < 1.29 is 23.5 Å². The molecule has 5 aromatic rings. The lowest BCUT2D eigenvalue weighted by molar-refractivity contribution is -0.141. The van der Waals surface area contributed by atoms with Gasteiger partial charge in [-0.05, 0) is 57.0 Å². The highest BCUT2D eigenvalue weighted by Gasteiger charge is 2.24. The monoisotopic (exact) mass is 507 g/mol. The van der Waals surface area contributed by atoms with Crippen LogP contribution in [0.3, 0.4) is 0 Å². The van der Waals surface area contributed by atoms with Gasteiger partial charge in [-0.3, -0.25) is 9.59 Å². The number of rotatable bonds is 8. The molecule has 6 heteroatoms. The Morgan fingerprint density at radius 2 is 1.71 bits per heavy atom. The Balaban J connectivity index is 1.70. The smallest absolute Gasteiger partial charge is 0.313 e. The zero-order valence-electron chi connectivity index (χ0n) is 21.9. The van der Waals surface area contributed by atoms with E-state index in [0.717, 1.165) is 27.7 Å². The van der Waals surface area contributed by atoms with E-state index in [-0.39, 0.29) is 24.9 Å². The Bertz CT molecular complexity index is 1650. The number of carbonyl (C=O) groups is 2. The van der Waals surface area contributed by atoms with Gasteiger partial charge in [-0.2, -0.15) is 0 Å². The summed E-state index contributed by atoms with van der Waals surface area (Å²) in [5, 5.41) is 1.55. The first kappa shape index (κ1) is 25.2. The highest BCUT2D eigenvalue weighted by atomic mass is 16.5. The molecule has 2 aromatic heterocycles. The maximum atomic E-state index is 13.6. The van der Waals surface area contributed by atoms with Crippen molar-refractivity contribution in [2.24, 2.45) is 0 Å². The Labute approximate surface area is 221 Å². The zero-order chi connectivity index (χ0) is 26.8. The number of furan rings is 1. The van der Waals surface area contributed by atoms with E-state index < -0.39 is 5.97 Å². The lowest BCUT2D eigenvalue weighted by atomic mass is 9.97. The number of ether oxygens (including phenoxy) is 2. The highest BCUT2D eigenvalue weighted by molar-refractivity contribution is 6.15. The van der Waals surface area contributed by atoms with Gasteiger partial charge in [-0.1, -0.05) is 54.6 Å². The van der Waals surface area contributed by atoms with Gasteiger partial charge >= 0.3 is 5.97 Å². The van der Waals surface area contributed by atoms with Crippen molar-refractivity contribution in [2.45, 2.75) is 40.2 Å². The second kappa shape index (κ2) is 10.5. The number of nitrogens with zero attached hydrogens (tertiary/aromatic N) is 1. The van der Waals surface area contributed by atoms with Gasteiger partial charge in [0.2, 0.25) is 0 Å². The minimum Gasteiger partial charge on any atom is -0.485 e. The Kier molecular flexibility index (Phi) is 6.97. The highest BCUT2D eigenvalue weighted by Crippen LogP contribution is 2.38. The summed E-state index contributed by atoms with van der Waals surface area (Å²) in [7, 11) is 0. The standard InChI is InChI=1S/C32H29NO5/c1-5-36-29(35)18-26(34)24-17-25(32-20(3)23-13-9-10-14-27(23)38-32)33-31-19(2)15-16-28(30(24)31)37-21(4)22-11-7-6-8-12-22/h6-17,21H,5,18H2,1-4H3. The summed E-state index contributed by atoms with van der Waals surface area (Å²) >= 11 is 0. The molecule has 192 valence electrons. The van der Waals surface area contributed by atoms with Crippen molar-refractivity contribution in [1.82, 2.24) is 4.98 Å². The molecule has 0 spiro atoms. The van der Waals surface area contributed by atoms with Gasteiger partial charge in [0.05, 0.1) is 17.5 Å². The second-order valence-corrected chi connectivity index (χ2v) is 9.29. The zero-order valence-corrected chi connectivity index (χ0v) is 21.9. The first-order chi connectivity index (χ1) is 18.4. The number of aryl methyl sites for hydroxylation is 2. The molecule has 0 bridgehead atoms. The van der Waals surface area contributed by atoms with Crippen LogP contribution in [0.2, 0.25) is 0 Å². The van der Waals surface area contributed by atoms with Crippen LogP contribution in [0, 0.1) is 13.8 Å². The first-order valence-corrected chi connectivity index (χ1v) is 12.7. The molecule has 0 aliphatic carbocycles. The van der Waals surface area contributed by atoms with Crippen molar-refractivity contribution in [3.8, 4) is 17.2 Å². The number of hydrogen-bond acceptors (Lipinski definition) is 6. The summed E-state index contributed by atoms with van der Waals surface area (Å²) in [6.07, 6.45) is -0.653. The average molecular weight is 508 g/mol. The van der Waals surface area contributed by atoms with E-state index in [2.05, 4.69) is 0 Å². The number of pyridine rings is 1. The molecule has 0 saturated heterocycles. The van der Waals surface area contributed by atoms with Crippen LogP contribution in [0.25, 0.3) is 33.3 Å². The molecule has 0 fully saturated rings. The number of carbonyl (C=O) groups excluding carboxylic acids is 2. The molecule has 0 radical (unpaired) electrons. The molecule has 6 nitrogen and oxygen atoms in total. The number of esters is 1. The van der Waals surface area contributed by atoms with Gasteiger partial charge in [-0.25, -0.2) is 4.98 Å². The van der Waals surface area contributed by atoms with Gasteiger partial charge in [0.15, 0.2) is 11.5 Å². The predicted molar refractivity (Wildman–Crippen MR) is 147 cm³/mol. The van der Waals surface area contributed by atoms with E-state index in [0.29, 0.717) is 33.7 Å². The maximum Gasteiger partial charge on any atom is 0.313 e. The van der Waals surface area contributed by atoms with E-state index in [1.54, 1.807) is 13.0 Å². The number of hydrogen-bond donors (Lipinski definition) is 0. The maximum absolute atomic E-state index is 13.6. The Morgan fingerprint density at radius 3 is 2.45 bits per heavy atom. The lowest BCUT2D eigenvalue weighted by Crippen LogP contribution is -2.13. The van der Waals surface area contributed by atoms with E-state index in [1.165, 1.54) is 0 Å². The van der Waals surface area contributed by atoms with Gasteiger partial charge in [0.25, 0.3) is 0 Å². The molecule has 1 unspecified atom stereocenters. The van der Waals surface area contributed by atoms with E-state index >= 15 is 0 Å². The van der Waals surface area contributed by atoms with Crippen LogP contribution < -0.4 is 4.74 Å². The molecule has 2 heterocycles. The second-order valence-electron chi connectivity index (χ2n) is 9.29. The summed E-state index contributed by atoms with van der Waals surface area (Å²) in [6.45, 7) is 7.79. The molecule has 1 atom stereocenters. The third-order valence-electron chi connectivity index (χ3n) is 6.68. The molecule has 5 rings (SSSR count). The van der Waals surface area contributed by atoms with Crippen LogP contribution in [-0.2, 0) is 9.53 Å². The van der Waals surface area contributed by atoms with Crippen LogP contribution in [0.15, 0.2) is 77.2 Å². The van der Waals surface area contributed by atoms with Crippen molar-refractivity contribution in [2.75, 3.05) is 6.61 Å². The summed E-state index contributed by atoms with van der Waals surface area (Å²) in [5.41, 5.74) is 5.04. The fourth-order valence-corrected chi connectivity index (χ4v) is 4.72. The van der Waals surface area contributed by atoms with Crippen LogP contribution in [0.1, 0.15) is 53.4 Å².